The molecule has 2 aromatic rings. The highest BCUT2D eigenvalue weighted by Gasteiger charge is 2.01. The number of hydrogen-bond acceptors (Lipinski definition) is 2. The van der Waals surface area contributed by atoms with Gasteiger partial charge in [-0.15, -0.1) is 0 Å². The average molecular weight is 187 g/mol. The molecule has 2 N–H and O–H groups in total. The Bertz CT molecular complexity index is 387. The Morgan fingerprint density at radius 1 is 1.07 bits per heavy atom. The number of furan rings is 1. The van der Waals surface area contributed by atoms with E-state index in [0.717, 1.165) is 16.7 Å². The molecule has 1 aromatic carbocycles. The van der Waals surface area contributed by atoms with Crippen molar-refractivity contribution in [1.29, 1.82) is 0 Å². The van der Waals surface area contributed by atoms with E-state index < -0.39 is 0 Å². The van der Waals surface area contributed by atoms with Gasteiger partial charge in [0.15, 0.2) is 0 Å². The maximum Gasteiger partial charge on any atom is 0.0980 e. The normalized spacial score (nSPS) is 12.7. The first-order valence-electron chi connectivity index (χ1n) is 4.65. The summed E-state index contributed by atoms with van der Waals surface area (Å²) in [4.78, 5) is 0. The minimum absolute atomic E-state index is 0.0911. The molecule has 0 aliphatic heterocycles. The third kappa shape index (κ3) is 1.70. The van der Waals surface area contributed by atoms with Crippen LogP contribution in [0.15, 0.2) is 47.3 Å². The van der Waals surface area contributed by atoms with Gasteiger partial charge in [-0.2, -0.15) is 0 Å². The summed E-state index contributed by atoms with van der Waals surface area (Å²) in [6.07, 6.45) is 3.41. The smallest absolute Gasteiger partial charge is 0.0980 e. The van der Waals surface area contributed by atoms with Gasteiger partial charge in [-0.3, -0.25) is 0 Å². The molecule has 0 bridgehead atoms. The van der Waals surface area contributed by atoms with E-state index in [1.807, 2.05) is 25.1 Å². The van der Waals surface area contributed by atoms with Crippen molar-refractivity contribution in [3.05, 3.63) is 48.4 Å². The highest BCUT2D eigenvalue weighted by atomic mass is 16.3. The molecule has 1 atom stereocenters. The summed E-state index contributed by atoms with van der Waals surface area (Å²) >= 11 is 0. The molecule has 2 rings (SSSR count). The molecule has 1 unspecified atom stereocenters. The standard InChI is InChI=1S/C12H13NO/c1-9(13)10-2-4-11(5-3-10)12-6-7-14-8-12/h2-9H,13H2,1H3. The first-order chi connectivity index (χ1) is 6.77. The van der Waals surface area contributed by atoms with Gasteiger partial charge in [-0.05, 0) is 24.1 Å². The summed E-state index contributed by atoms with van der Waals surface area (Å²) in [5.74, 6) is 0. The lowest BCUT2D eigenvalue weighted by Crippen LogP contribution is -2.04. The zero-order chi connectivity index (χ0) is 9.97. The van der Waals surface area contributed by atoms with Crippen molar-refractivity contribution in [2.45, 2.75) is 13.0 Å². The Labute approximate surface area is 83.4 Å². The topological polar surface area (TPSA) is 39.2 Å². The summed E-state index contributed by atoms with van der Waals surface area (Å²) in [6, 6.07) is 10.3. The second-order valence-electron chi connectivity index (χ2n) is 3.42. The Hall–Kier alpha value is -1.54. The first kappa shape index (κ1) is 9.03. The molecule has 14 heavy (non-hydrogen) atoms. The molecule has 0 radical (unpaired) electrons. The fourth-order valence-electron chi connectivity index (χ4n) is 1.41. The van der Waals surface area contributed by atoms with Gasteiger partial charge in [0.05, 0.1) is 12.5 Å². The molecular formula is C12H13NO. The maximum absolute atomic E-state index is 5.76. The molecule has 2 nitrogen and oxygen atoms in total. The van der Waals surface area contributed by atoms with Crippen LogP contribution >= 0.6 is 0 Å². The van der Waals surface area contributed by atoms with Crippen LogP contribution < -0.4 is 5.73 Å². The summed E-state index contributed by atoms with van der Waals surface area (Å²) in [7, 11) is 0. The van der Waals surface area contributed by atoms with Gasteiger partial charge in [0.2, 0.25) is 0 Å². The predicted octanol–water partition coefficient (Wildman–Crippen LogP) is 2.97. The van der Waals surface area contributed by atoms with Crippen molar-refractivity contribution in [2.24, 2.45) is 5.73 Å². The van der Waals surface area contributed by atoms with Crippen molar-refractivity contribution in [2.75, 3.05) is 0 Å². The highest BCUT2D eigenvalue weighted by molar-refractivity contribution is 5.62. The molecule has 0 amide bonds. The lowest BCUT2D eigenvalue weighted by molar-refractivity contribution is 0.568. The van der Waals surface area contributed by atoms with Gasteiger partial charge in [0.1, 0.15) is 0 Å². The lowest BCUT2D eigenvalue weighted by atomic mass is 10.0. The quantitative estimate of drug-likeness (QED) is 0.785. The Balaban J connectivity index is 2.31. The molecule has 0 saturated heterocycles. The third-order valence-electron chi connectivity index (χ3n) is 2.29. The number of benzene rings is 1. The van der Waals surface area contributed by atoms with Crippen LogP contribution in [0.25, 0.3) is 11.1 Å². The van der Waals surface area contributed by atoms with Crippen molar-refractivity contribution in [1.82, 2.24) is 0 Å². The lowest BCUT2D eigenvalue weighted by Gasteiger charge is -2.05. The Morgan fingerprint density at radius 2 is 1.79 bits per heavy atom. The molecule has 0 spiro atoms. The van der Waals surface area contributed by atoms with Crippen molar-refractivity contribution >= 4 is 0 Å². The van der Waals surface area contributed by atoms with Crippen molar-refractivity contribution in [3.8, 4) is 11.1 Å². The number of nitrogens with two attached hydrogens (primary N) is 1. The summed E-state index contributed by atoms with van der Waals surface area (Å²) in [6.45, 7) is 1.98. The second-order valence-corrected chi connectivity index (χ2v) is 3.42. The minimum atomic E-state index is 0.0911. The zero-order valence-corrected chi connectivity index (χ0v) is 8.10. The van der Waals surface area contributed by atoms with E-state index in [-0.39, 0.29) is 6.04 Å². The molecule has 0 aliphatic rings. The molecule has 2 heteroatoms. The average Bonchev–Trinajstić information content (AvgIpc) is 2.71. The molecule has 0 fully saturated rings. The van der Waals surface area contributed by atoms with E-state index >= 15 is 0 Å². The van der Waals surface area contributed by atoms with E-state index in [4.69, 9.17) is 10.2 Å². The van der Waals surface area contributed by atoms with Crippen LogP contribution in [0.1, 0.15) is 18.5 Å². The fourth-order valence-corrected chi connectivity index (χ4v) is 1.41. The number of rotatable bonds is 2. The second kappa shape index (κ2) is 3.68. The SMILES string of the molecule is CC(N)c1ccc(-c2ccoc2)cc1. The van der Waals surface area contributed by atoms with Crippen LogP contribution in [0.4, 0.5) is 0 Å². The van der Waals surface area contributed by atoms with E-state index in [9.17, 15) is 0 Å². The monoisotopic (exact) mass is 187 g/mol. The van der Waals surface area contributed by atoms with Crippen molar-refractivity contribution in [3.63, 3.8) is 0 Å². The molecular weight excluding hydrogens is 174 g/mol. The molecule has 0 aliphatic carbocycles. The summed E-state index contributed by atoms with van der Waals surface area (Å²) in [5, 5.41) is 0. The van der Waals surface area contributed by atoms with Gasteiger partial charge in [0, 0.05) is 11.6 Å². The zero-order valence-electron chi connectivity index (χ0n) is 8.10. The predicted molar refractivity (Wildman–Crippen MR) is 56.7 cm³/mol. The van der Waals surface area contributed by atoms with Crippen LogP contribution in [0.5, 0.6) is 0 Å². The van der Waals surface area contributed by atoms with Crippen molar-refractivity contribution < 1.29 is 4.42 Å². The Kier molecular flexibility index (Phi) is 2.37. The Morgan fingerprint density at radius 3 is 2.29 bits per heavy atom. The largest absolute Gasteiger partial charge is 0.472 e. The van der Waals surface area contributed by atoms with Gasteiger partial charge in [-0.25, -0.2) is 0 Å². The van der Waals surface area contributed by atoms with Crippen LogP contribution in [0.2, 0.25) is 0 Å². The third-order valence-corrected chi connectivity index (χ3v) is 2.29. The highest BCUT2D eigenvalue weighted by Crippen LogP contribution is 2.21. The molecule has 1 heterocycles. The van der Waals surface area contributed by atoms with E-state index in [0.29, 0.717) is 0 Å². The van der Waals surface area contributed by atoms with Gasteiger partial charge >= 0.3 is 0 Å². The molecule has 0 saturated carbocycles. The molecule has 72 valence electrons. The van der Waals surface area contributed by atoms with Crippen LogP contribution in [0.3, 0.4) is 0 Å². The van der Waals surface area contributed by atoms with Gasteiger partial charge in [-0.1, -0.05) is 24.3 Å². The van der Waals surface area contributed by atoms with Crippen LogP contribution in [-0.2, 0) is 0 Å². The maximum atomic E-state index is 5.76. The van der Waals surface area contributed by atoms with Crippen LogP contribution in [0, 0.1) is 0 Å². The minimum Gasteiger partial charge on any atom is -0.472 e. The van der Waals surface area contributed by atoms with Gasteiger partial charge in [0.25, 0.3) is 0 Å². The summed E-state index contributed by atoms with van der Waals surface area (Å²) < 4.78 is 5.02. The van der Waals surface area contributed by atoms with Gasteiger partial charge < -0.3 is 10.2 Å². The van der Waals surface area contributed by atoms with Crippen LogP contribution in [-0.4, -0.2) is 0 Å². The van der Waals surface area contributed by atoms with E-state index in [2.05, 4.69) is 12.1 Å². The van der Waals surface area contributed by atoms with E-state index in [1.165, 1.54) is 0 Å². The summed E-state index contributed by atoms with van der Waals surface area (Å²) in [5.41, 5.74) is 9.17. The fraction of sp³-hybridized carbons (Fsp3) is 0.167. The molecule has 1 aromatic heterocycles. The first-order valence-corrected chi connectivity index (χ1v) is 4.65. The van der Waals surface area contributed by atoms with E-state index in [1.54, 1.807) is 12.5 Å². The number of hydrogen-bond donors (Lipinski definition) is 1.